The lowest BCUT2D eigenvalue weighted by Gasteiger charge is -2.29. The van der Waals surface area contributed by atoms with Crippen LogP contribution in [0.1, 0.15) is 32.3 Å². The topological polar surface area (TPSA) is 105 Å². The first-order chi connectivity index (χ1) is 16.6. The lowest BCUT2D eigenvalue weighted by atomic mass is 10.1. The van der Waals surface area contributed by atoms with Gasteiger partial charge < -0.3 is 19.7 Å². The number of hydrogen-bond acceptors (Lipinski definition) is 6. The van der Waals surface area contributed by atoms with Crippen molar-refractivity contribution in [3.8, 4) is 11.5 Å². The maximum Gasteiger partial charge on any atom is 0.242 e. The smallest absolute Gasteiger partial charge is 0.242 e. The molecule has 2 amide bonds. The number of likely N-dealkylation sites (N-methyl/N-ethyl adjacent to an activating group) is 1. The van der Waals surface area contributed by atoms with Crippen LogP contribution in [0.25, 0.3) is 0 Å². The van der Waals surface area contributed by atoms with Gasteiger partial charge in [0.1, 0.15) is 17.5 Å². The number of carbonyl (C=O) groups excluding carboxylic acids is 2. The third-order valence-electron chi connectivity index (χ3n) is 5.54. The summed E-state index contributed by atoms with van der Waals surface area (Å²) in [6, 6.07) is 13.4. The SMILES string of the molecule is CCNC(=O)[C@@H](C)N(Cc1ccc(OC)cc1)C(=O)CCCN(c1ccccc1OC)S(C)(=O)=O. The fourth-order valence-corrected chi connectivity index (χ4v) is 4.62. The molecule has 2 aromatic rings. The van der Waals surface area contributed by atoms with Crippen molar-refractivity contribution in [2.24, 2.45) is 0 Å². The van der Waals surface area contributed by atoms with Gasteiger partial charge in [-0.05, 0) is 50.1 Å². The summed E-state index contributed by atoms with van der Waals surface area (Å²) in [5, 5.41) is 2.76. The van der Waals surface area contributed by atoms with Gasteiger partial charge in [-0.1, -0.05) is 24.3 Å². The van der Waals surface area contributed by atoms with Gasteiger partial charge in [0.05, 0.1) is 26.2 Å². The molecule has 2 rings (SSSR count). The van der Waals surface area contributed by atoms with Crippen LogP contribution in [0, 0.1) is 0 Å². The van der Waals surface area contributed by atoms with E-state index in [0.717, 1.165) is 11.8 Å². The van der Waals surface area contributed by atoms with Crippen LogP contribution in [0.5, 0.6) is 11.5 Å². The average molecular weight is 506 g/mol. The van der Waals surface area contributed by atoms with Crippen LogP contribution >= 0.6 is 0 Å². The number of carbonyl (C=O) groups is 2. The summed E-state index contributed by atoms with van der Waals surface area (Å²) in [5.74, 6) is 0.630. The summed E-state index contributed by atoms with van der Waals surface area (Å²) in [6.45, 7) is 4.29. The summed E-state index contributed by atoms with van der Waals surface area (Å²) in [6.07, 6.45) is 1.46. The number of sulfonamides is 1. The van der Waals surface area contributed by atoms with Crippen LogP contribution in [-0.2, 0) is 26.2 Å². The fourth-order valence-electron chi connectivity index (χ4n) is 3.65. The Labute approximate surface area is 208 Å². The highest BCUT2D eigenvalue weighted by Crippen LogP contribution is 2.29. The van der Waals surface area contributed by atoms with Crippen molar-refractivity contribution in [3.63, 3.8) is 0 Å². The zero-order valence-electron chi connectivity index (χ0n) is 21.0. The number of benzene rings is 2. The molecule has 192 valence electrons. The highest BCUT2D eigenvalue weighted by atomic mass is 32.2. The van der Waals surface area contributed by atoms with Gasteiger partial charge in [-0.25, -0.2) is 8.42 Å². The molecule has 35 heavy (non-hydrogen) atoms. The largest absolute Gasteiger partial charge is 0.497 e. The Balaban J connectivity index is 2.18. The Morgan fingerprint density at radius 2 is 1.69 bits per heavy atom. The maximum absolute atomic E-state index is 13.2. The molecular weight excluding hydrogens is 470 g/mol. The second-order valence-corrected chi connectivity index (χ2v) is 9.96. The Kier molecular flexibility index (Phi) is 10.4. The van der Waals surface area contributed by atoms with Gasteiger partial charge >= 0.3 is 0 Å². The van der Waals surface area contributed by atoms with Crippen LogP contribution in [0.3, 0.4) is 0 Å². The summed E-state index contributed by atoms with van der Waals surface area (Å²) < 4.78 is 36.7. The molecule has 0 heterocycles. The second kappa shape index (κ2) is 13.0. The highest BCUT2D eigenvalue weighted by Gasteiger charge is 2.27. The molecule has 0 aliphatic rings. The van der Waals surface area contributed by atoms with Crippen LogP contribution in [-0.4, -0.2) is 64.7 Å². The van der Waals surface area contributed by atoms with Crippen molar-refractivity contribution in [2.45, 2.75) is 39.3 Å². The minimum Gasteiger partial charge on any atom is -0.497 e. The molecule has 0 radical (unpaired) electrons. The standard InChI is InChI=1S/C25H35N3O6S/c1-6-26-25(30)19(2)27(18-20-13-15-21(33-3)16-14-20)24(29)12-9-17-28(35(5,31)32)22-10-7-8-11-23(22)34-4/h7-8,10-11,13-16,19H,6,9,12,17-18H2,1-5H3,(H,26,30)/t19-/m1/s1. The number of anilines is 1. The van der Waals surface area contributed by atoms with Crippen LogP contribution < -0.4 is 19.1 Å². The van der Waals surface area contributed by atoms with Crippen LogP contribution in [0.15, 0.2) is 48.5 Å². The molecule has 0 aliphatic heterocycles. The van der Waals surface area contributed by atoms with Crippen molar-refractivity contribution < 1.29 is 27.5 Å². The van der Waals surface area contributed by atoms with E-state index < -0.39 is 16.1 Å². The second-order valence-electron chi connectivity index (χ2n) is 8.05. The number of hydrogen-bond donors (Lipinski definition) is 1. The molecule has 9 nitrogen and oxygen atoms in total. The number of para-hydroxylation sites is 2. The monoisotopic (exact) mass is 505 g/mol. The van der Waals surface area contributed by atoms with E-state index in [1.165, 1.54) is 16.3 Å². The molecule has 0 saturated carbocycles. The van der Waals surface area contributed by atoms with Crippen molar-refractivity contribution in [3.05, 3.63) is 54.1 Å². The van der Waals surface area contributed by atoms with Crippen LogP contribution in [0.4, 0.5) is 5.69 Å². The number of rotatable bonds is 13. The first-order valence-electron chi connectivity index (χ1n) is 11.4. The number of methoxy groups -OCH3 is 2. The number of amides is 2. The highest BCUT2D eigenvalue weighted by molar-refractivity contribution is 7.92. The molecular formula is C25H35N3O6S. The summed E-state index contributed by atoms with van der Waals surface area (Å²) >= 11 is 0. The van der Waals surface area contributed by atoms with E-state index >= 15 is 0 Å². The first kappa shape index (κ1) is 28.0. The Bertz CT molecular complexity index is 1090. The molecule has 0 saturated heterocycles. The molecule has 2 aromatic carbocycles. The Hall–Kier alpha value is -3.27. The van der Waals surface area contributed by atoms with Crippen molar-refractivity contribution in [1.82, 2.24) is 10.2 Å². The molecule has 0 aliphatic carbocycles. The molecule has 0 unspecified atom stereocenters. The van der Waals surface area contributed by atoms with E-state index in [9.17, 15) is 18.0 Å². The quantitative estimate of drug-likeness (QED) is 0.449. The van der Waals surface area contributed by atoms with Crippen LogP contribution in [0.2, 0.25) is 0 Å². The van der Waals surface area contributed by atoms with Gasteiger partial charge in [-0.3, -0.25) is 13.9 Å². The minimum absolute atomic E-state index is 0.0705. The number of ether oxygens (including phenoxy) is 2. The summed E-state index contributed by atoms with van der Waals surface area (Å²) in [4.78, 5) is 27.3. The zero-order valence-corrected chi connectivity index (χ0v) is 21.8. The third kappa shape index (κ3) is 7.88. The maximum atomic E-state index is 13.2. The van der Waals surface area contributed by atoms with Gasteiger partial charge in [-0.15, -0.1) is 0 Å². The van der Waals surface area contributed by atoms with Crippen molar-refractivity contribution in [1.29, 1.82) is 0 Å². The Morgan fingerprint density at radius 3 is 2.26 bits per heavy atom. The van der Waals surface area contributed by atoms with E-state index in [1.54, 1.807) is 50.4 Å². The first-order valence-corrected chi connectivity index (χ1v) is 13.3. The van der Waals surface area contributed by atoms with Gasteiger partial charge in [-0.2, -0.15) is 0 Å². The molecule has 10 heteroatoms. The van der Waals surface area contributed by atoms with Crippen molar-refractivity contribution >= 4 is 27.5 Å². The van der Waals surface area contributed by atoms with E-state index in [4.69, 9.17) is 9.47 Å². The third-order valence-corrected chi connectivity index (χ3v) is 6.72. The van der Waals surface area contributed by atoms with E-state index in [0.29, 0.717) is 23.7 Å². The Morgan fingerprint density at radius 1 is 1.03 bits per heavy atom. The molecule has 1 N–H and O–H groups in total. The molecule has 0 bridgehead atoms. The normalized spacial score (nSPS) is 11.9. The van der Waals surface area contributed by atoms with Crippen molar-refractivity contribution in [2.75, 3.05) is 37.9 Å². The van der Waals surface area contributed by atoms with E-state index in [2.05, 4.69) is 5.32 Å². The molecule has 0 spiro atoms. The van der Waals surface area contributed by atoms with E-state index in [1.807, 2.05) is 19.1 Å². The van der Waals surface area contributed by atoms with E-state index in [-0.39, 0.29) is 37.7 Å². The molecule has 1 atom stereocenters. The predicted molar refractivity (Wildman–Crippen MR) is 136 cm³/mol. The molecule has 0 aromatic heterocycles. The number of nitrogens with zero attached hydrogens (tertiary/aromatic N) is 2. The lowest BCUT2D eigenvalue weighted by molar-refractivity contribution is -0.140. The number of nitrogens with one attached hydrogen (secondary N) is 1. The minimum atomic E-state index is -3.61. The predicted octanol–water partition coefficient (Wildman–Crippen LogP) is 2.80. The molecule has 0 fully saturated rings. The lowest BCUT2D eigenvalue weighted by Crippen LogP contribution is -2.47. The van der Waals surface area contributed by atoms with Gasteiger partial charge in [0, 0.05) is 26.1 Å². The fraction of sp³-hybridized carbons (Fsp3) is 0.440. The van der Waals surface area contributed by atoms with Gasteiger partial charge in [0.2, 0.25) is 21.8 Å². The average Bonchev–Trinajstić information content (AvgIpc) is 2.84. The summed E-state index contributed by atoms with van der Waals surface area (Å²) in [5.41, 5.74) is 1.26. The van der Waals surface area contributed by atoms with Gasteiger partial charge in [0.15, 0.2) is 0 Å². The zero-order chi connectivity index (χ0) is 26.0. The summed E-state index contributed by atoms with van der Waals surface area (Å²) in [7, 11) is -0.558. The van der Waals surface area contributed by atoms with Gasteiger partial charge in [0.25, 0.3) is 0 Å².